The molecule has 0 aliphatic rings. The molecule has 0 rings (SSSR count). The summed E-state index contributed by atoms with van der Waals surface area (Å²) >= 11 is 0. The number of carbonyl (C=O) groups is 1. The van der Waals surface area contributed by atoms with Gasteiger partial charge in [-0.1, -0.05) is 6.58 Å². The molecule has 0 amide bonds. The Balaban J connectivity index is 4.21. The Labute approximate surface area is 57.9 Å². The molecule has 1 unspecified atom stereocenters. The van der Waals surface area contributed by atoms with Crippen LogP contribution in [0.4, 0.5) is 0 Å². The van der Waals surface area contributed by atoms with Gasteiger partial charge in [-0.3, -0.25) is 0 Å². The maximum atomic E-state index is 10.1. The number of aliphatic imine (C=N–C) groups is 1. The monoisotopic (exact) mass is 141 g/mol. The number of isocyanates is 1. The van der Waals surface area contributed by atoms with E-state index in [-0.39, 0.29) is 5.57 Å². The first kappa shape index (κ1) is 8.59. The van der Waals surface area contributed by atoms with E-state index in [2.05, 4.69) is 11.6 Å². The van der Waals surface area contributed by atoms with Crippen molar-refractivity contribution in [3.05, 3.63) is 12.2 Å². The van der Waals surface area contributed by atoms with Crippen LogP contribution in [-0.4, -0.2) is 23.2 Å². The van der Waals surface area contributed by atoms with Gasteiger partial charge in [0.2, 0.25) is 6.08 Å². The standard InChI is InChI=1S/C6H7NO3/c1-4(6(9)10)5(2)7-3-8/h5H,1H2,2H3,(H,9,10). The predicted octanol–water partition coefficient (Wildman–Crippen LogP) is 0.351. The van der Waals surface area contributed by atoms with E-state index in [0.717, 1.165) is 0 Å². The number of aliphatic carboxylic acids is 1. The Morgan fingerprint density at radius 1 is 1.80 bits per heavy atom. The molecule has 0 fully saturated rings. The molecule has 54 valence electrons. The van der Waals surface area contributed by atoms with E-state index in [0.29, 0.717) is 0 Å². The maximum Gasteiger partial charge on any atom is 0.333 e. The number of carboxylic acid groups (broad SMARTS) is 1. The first-order valence-corrected chi connectivity index (χ1v) is 2.58. The molecule has 0 saturated carbocycles. The van der Waals surface area contributed by atoms with E-state index in [9.17, 15) is 9.59 Å². The van der Waals surface area contributed by atoms with Gasteiger partial charge in [-0.25, -0.2) is 9.59 Å². The third kappa shape index (κ3) is 2.24. The fourth-order valence-electron chi connectivity index (χ4n) is 0.336. The molecule has 0 bridgehead atoms. The highest BCUT2D eigenvalue weighted by Crippen LogP contribution is 2.01. The van der Waals surface area contributed by atoms with Gasteiger partial charge in [-0.05, 0) is 6.92 Å². The summed E-state index contributed by atoms with van der Waals surface area (Å²) in [5, 5.41) is 8.29. The lowest BCUT2D eigenvalue weighted by atomic mass is 10.2. The number of hydrogen-bond donors (Lipinski definition) is 1. The smallest absolute Gasteiger partial charge is 0.333 e. The minimum Gasteiger partial charge on any atom is -0.478 e. The molecule has 10 heavy (non-hydrogen) atoms. The van der Waals surface area contributed by atoms with Crippen molar-refractivity contribution in [2.45, 2.75) is 13.0 Å². The molecule has 0 aliphatic carbocycles. The zero-order valence-corrected chi connectivity index (χ0v) is 5.50. The van der Waals surface area contributed by atoms with E-state index in [4.69, 9.17) is 5.11 Å². The van der Waals surface area contributed by atoms with Gasteiger partial charge in [-0.15, -0.1) is 0 Å². The maximum absolute atomic E-state index is 10.1. The van der Waals surface area contributed by atoms with Gasteiger partial charge in [0.1, 0.15) is 0 Å². The van der Waals surface area contributed by atoms with Crippen LogP contribution in [0.3, 0.4) is 0 Å². The molecule has 0 aromatic rings. The number of hydrogen-bond acceptors (Lipinski definition) is 3. The molecule has 4 nitrogen and oxygen atoms in total. The number of rotatable bonds is 3. The Kier molecular flexibility index (Phi) is 3.08. The second-order valence-corrected chi connectivity index (χ2v) is 1.73. The quantitative estimate of drug-likeness (QED) is 0.350. The lowest BCUT2D eigenvalue weighted by molar-refractivity contribution is -0.132. The zero-order valence-electron chi connectivity index (χ0n) is 5.50. The van der Waals surface area contributed by atoms with Gasteiger partial charge >= 0.3 is 5.97 Å². The van der Waals surface area contributed by atoms with Crippen molar-refractivity contribution in [2.24, 2.45) is 4.99 Å². The van der Waals surface area contributed by atoms with Crippen molar-refractivity contribution < 1.29 is 14.7 Å². The van der Waals surface area contributed by atoms with Gasteiger partial charge < -0.3 is 5.11 Å². The van der Waals surface area contributed by atoms with Crippen LogP contribution in [0.1, 0.15) is 6.92 Å². The van der Waals surface area contributed by atoms with Crippen LogP contribution in [-0.2, 0) is 9.59 Å². The third-order valence-corrected chi connectivity index (χ3v) is 1.03. The largest absolute Gasteiger partial charge is 0.478 e. The summed E-state index contributed by atoms with van der Waals surface area (Å²) in [5.41, 5.74) is -0.108. The number of nitrogens with zero attached hydrogens (tertiary/aromatic N) is 1. The van der Waals surface area contributed by atoms with Crippen LogP contribution in [0, 0.1) is 0 Å². The van der Waals surface area contributed by atoms with Crippen LogP contribution in [0.25, 0.3) is 0 Å². The van der Waals surface area contributed by atoms with Crippen LogP contribution in [0.2, 0.25) is 0 Å². The highest BCUT2D eigenvalue weighted by atomic mass is 16.4. The molecule has 0 heterocycles. The molecule has 0 radical (unpaired) electrons. The first-order valence-electron chi connectivity index (χ1n) is 2.58. The summed E-state index contributed by atoms with van der Waals surface area (Å²) in [5.74, 6) is -1.15. The topological polar surface area (TPSA) is 66.7 Å². The Bertz CT molecular complexity index is 203. The SMILES string of the molecule is C=C(C(=O)O)C(C)N=C=O. The highest BCUT2D eigenvalue weighted by Gasteiger charge is 2.10. The number of carboxylic acids is 1. The summed E-state index contributed by atoms with van der Waals surface area (Å²) in [6.45, 7) is 4.66. The van der Waals surface area contributed by atoms with Gasteiger partial charge in [0, 0.05) is 0 Å². The summed E-state index contributed by atoms with van der Waals surface area (Å²) < 4.78 is 0. The lowest BCUT2D eigenvalue weighted by Crippen LogP contribution is -2.10. The lowest BCUT2D eigenvalue weighted by Gasteiger charge is -2.00. The molecule has 0 aliphatic heterocycles. The summed E-state index contributed by atoms with van der Waals surface area (Å²) in [6, 6.07) is -0.685. The van der Waals surface area contributed by atoms with E-state index in [1.54, 1.807) is 0 Å². The average Bonchev–Trinajstić information content (AvgIpc) is 1.87. The average molecular weight is 141 g/mol. The van der Waals surface area contributed by atoms with Crippen molar-refractivity contribution in [1.82, 2.24) is 0 Å². The van der Waals surface area contributed by atoms with Crippen molar-refractivity contribution in [1.29, 1.82) is 0 Å². The molecular formula is C6H7NO3. The Hall–Kier alpha value is -1.41. The minimum atomic E-state index is -1.15. The fraction of sp³-hybridized carbons (Fsp3) is 0.333. The van der Waals surface area contributed by atoms with Crippen molar-refractivity contribution in [3.63, 3.8) is 0 Å². The fourth-order valence-corrected chi connectivity index (χ4v) is 0.336. The van der Waals surface area contributed by atoms with Gasteiger partial charge in [-0.2, -0.15) is 4.99 Å². The molecule has 0 spiro atoms. The van der Waals surface area contributed by atoms with Crippen LogP contribution < -0.4 is 0 Å². The van der Waals surface area contributed by atoms with E-state index in [1.807, 2.05) is 0 Å². The molecule has 0 saturated heterocycles. The second-order valence-electron chi connectivity index (χ2n) is 1.73. The van der Waals surface area contributed by atoms with E-state index < -0.39 is 12.0 Å². The van der Waals surface area contributed by atoms with Gasteiger partial charge in [0.25, 0.3) is 0 Å². The summed E-state index contributed by atoms with van der Waals surface area (Å²) in [6.07, 6.45) is 1.25. The molecule has 0 aromatic heterocycles. The highest BCUT2D eigenvalue weighted by molar-refractivity contribution is 5.87. The predicted molar refractivity (Wildman–Crippen MR) is 34.4 cm³/mol. The molecule has 1 N–H and O–H groups in total. The van der Waals surface area contributed by atoms with Crippen molar-refractivity contribution >= 4 is 12.0 Å². The van der Waals surface area contributed by atoms with Gasteiger partial charge in [0.05, 0.1) is 11.6 Å². The molecule has 4 heteroatoms. The second kappa shape index (κ2) is 3.58. The zero-order chi connectivity index (χ0) is 8.15. The Morgan fingerprint density at radius 3 is 2.60 bits per heavy atom. The summed E-state index contributed by atoms with van der Waals surface area (Å²) in [7, 11) is 0. The third-order valence-electron chi connectivity index (χ3n) is 1.03. The van der Waals surface area contributed by atoms with Gasteiger partial charge in [0.15, 0.2) is 0 Å². The molecular weight excluding hydrogens is 134 g/mol. The van der Waals surface area contributed by atoms with Crippen LogP contribution in [0.15, 0.2) is 17.1 Å². The number of carbonyl (C=O) groups excluding carboxylic acids is 1. The molecule has 1 atom stereocenters. The normalized spacial score (nSPS) is 11.3. The summed E-state index contributed by atoms with van der Waals surface area (Å²) in [4.78, 5) is 22.9. The first-order chi connectivity index (χ1) is 4.59. The van der Waals surface area contributed by atoms with E-state index in [1.165, 1.54) is 13.0 Å². The van der Waals surface area contributed by atoms with Crippen LogP contribution in [0.5, 0.6) is 0 Å². The van der Waals surface area contributed by atoms with E-state index >= 15 is 0 Å². The Morgan fingerprint density at radius 2 is 2.30 bits per heavy atom. The van der Waals surface area contributed by atoms with Crippen molar-refractivity contribution in [2.75, 3.05) is 0 Å². The minimum absolute atomic E-state index is 0.108. The van der Waals surface area contributed by atoms with Crippen LogP contribution >= 0.6 is 0 Å². The molecule has 0 aromatic carbocycles. The van der Waals surface area contributed by atoms with Crippen molar-refractivity contribution in [3.8, 4) is 0 Å².